The summed E-state index contributed by atoms with van der Waals surface area (Å²) in [6, 6.07) is 8.55. The van der Waals surface area contributed by atoms with Crippen LogP contribution in [0, 0.1) is 6.92 Å². The molecule has 74 valence electrons. The van der Waals surface area contributed by atoms with Crippen LogP contribution >= 0.6 is 0 Å². The largest absolute Gasteiger partial charge is 0.382 e. The second-order valence-corrected chi connectivity index (χ2v) is 3.94. The fourth-order valence-electron chi connectivity index (χ4n) is 1.89. The number of carbonyl (C=O) groups is 1. The molecule has 0 aliphatic heterocycles. The Morgan fingerprint density at radius 1 is 1.36 bits per heavy atom. The van der Waals surface area contributed by atoms with Crippen molar-refractivity contribution >= 4 is 11.5 Å². The maximum atomic E-state index is 11.1. The van der Waals surface area contributed by atoms with Gasteiger partial charge >= 0.3 is 0 Å². The SMILES string of the molecule is Cc1ccccc1N[C@H]1CCC(=O)C1. The van der Waals surface area contributed by atoms with Gasteiger partial charge in [0, 0.05) is 24.6 Å². The van der Waals surface area contributed by atoms with Crippen LogP contribution in [0.4, 0.5) is 5.69 Å². The van der Waals surface area contributed by atoms with Crippen molar-refractivity contribution in [1.29, 1.82) is 0 Å². The Bertz CT molecular complexity index is 346. The van der Waals surface area contributed by atoms with Crippen molar-refractivity contribution in [3.8, 4) is 0 Å². The van der Waals surface area contributed by atoms with Gasteiger partial charge in [-0.1, -0.05) is 18.2 Å². The fraction of sp³-hybridized carbons (Fsp3) is 0.417. The van der Waals surface area contributed by atoms with Crippen molar-refractivity contribution in [3.63, 3.8) is 0 Å². The third kappa shape index (κ3) is 1.95. The number of hydrogen-bond acceptors (Lipinski definition) is 2. The lowest BCUT2D eigenvalue weighted by Gasteiger charge is -2.14. The Hall–Kier alpha value is -1.31. The summed E-state index contributed by atoms with van der Waals surface area (Å²) >= 11 is 0. The van der Waals surface area contributed by atoms with Crippen LogP contribution in [0.15, 0.2) is 24.3 Å². The molecule has 0 heterocycles. The van der Waals surface area contributed by atoms with Crippen LogP contribution in [0.1, 0.15) is 24.8 Å². The molecule has 1 aromatic carbocycles. The summed E-state index contributed by atoms with van der Waals surface area (Å²) in [7, 11) is 0. The van der Waals surface area contributed by atoms with Gasteiger partial charge in [-0.15, -0.1) is 0 Å². The fourth-order valence-corrected chi connectivity index (χ4v) is 1.89. The number of rotatable bonds is 2. The highest BCUT2D eigenvalue weighted by molar-refractivity contribution is 5.82. The molecule has 0 saturated heterocycles. The Morgan fingerprint density at radius 3 is 2.79 bits per heavy atom. The molecular formula is C12H15NO. The van der Waals surface area contributed by atoms with Crippen molar-refractivity contribution in [3.05, 3.63) is 29.8 Å². The predicted molar refractivity (Wildman–Crippen MR) is 57.4 cm³/mol. The molecule has 2 heteroatoms. The van der Waals surface area contributed by atoms with Crippen LogP contribution in [-0.4, -0.2) is 11.8 Å². The van der Waals surface area contributed by atoms with Crippen LogP contribution in [0.25, 0.3) is 0 Å². The summed E-state index contributed by atoms with van der Waals surface area (Å²) in [5.74, 6) is 0.385. The van der Waals surface area contributed by atoms with Gasteiger partial charge in [0.05, 0.1) is 0 Å². The maximum absolute atomic E-state index is 11.1. The number of para-hydroxylation sites is 1. The van der Waals surface area contributed by atoms with Crippen molar-refractivity contribution in [1.82, 2.24) is 0 Å². The quantitative estimate of drug-likeness (QED) is 0.774. The van der Waals surface area contributed by atoms with E-state index in [9.17, 15) is 4.79 Å². The average molecular weight is 189 g/mol. The molecule has 14 heavy (non-hydrogen) atoms. The van der Waals surface area contributed by atoms with E-state index < -0.39 is 0 Å². The van der Waals surface area contributed by atoms with Gasteiger partial charge in [-0.2, -0.15) is 0 Å². The van der Waals surface area contributed by atoms with E-state index in [-0.39, 0.29) is 0 Å². The average Bonchev–Trinajstić information content (AvgIpc) is 2.56. The van der Waals surface area contributed by atoms with Crippen LogP contribution in [0.3, 0.4) is 0 Å². The molecule has 1 saturated carbocycles. The Balaban J connectivity index is 2.04. The third-order valence-electron chi connectivity index (χ3n) is 2.75. The van der Waals surface area contributed by atoms with Crippen molar-refractivity contribution in [2.24, 2.45) is 0 Å². The van der Waals surface area contributed by atoms with Gasteiger partial charge in [0.2, 0.25) is 0 Å². The van der Waals surface area contributed by atoms with E-state index in [0.717, 1.165) is 18.5 Å². The first-order valence-electron chi connectivity index (χ1n) is 5.09. The molecule has 0 spiro atoms. The molecular weight excluding hydrogens is 174 g/mol. The highest BCUT2D eigenvalue weighted by Gasteiger charge is 2.21. The van der Waals surface area contributed by atoms with E-state index in [1.54, 1.807) is 0 Å². The zero-order valence-electron chi connectivity index (χ0n) is 8.42. The lowest BCUT2D eigenvalue weighted by atomic mass is 10.1. The first-order chi connectivity index (χ1) is 6.75. The van der Waals surface area contributed by atoms with Gasteiger partial charge < -0.3 is 5.32 Å². The van der Waals surface area contributed by atoms with E-state index >= 15 is 0 Å². The molecule has 1 atom stereocenters. The maximum Gasteiger partial charge on any atom is 0.135 e. The normalized spacial score (nSPS) is 21.2. The summed E-state index contributed by atoms with van der Waals surface area (Å²) < 4.78 is 0. The van der Waals surface area contributed by atoms with Crippen LogP contribution in [0.5, 0.6) is 0 Å². The minimum Gasteiger partial charge on any atom is -0.382 e. The van der Waals surface area contributed by atoms with E-state index in [4.69, 9.17) is 0 Å². The minimum atomic E-state index is 0.351. The summed E-state index contributed by atoms with van der Waals surface area (Å²) in [6.07, 6.45) is 2.41. The van der Waals surface area contributed by atoms with E-state index in [1.165, 1.54) is 5.56 Å². The number of ketones is 1. The smallest absolute Gasteiger partial charge is 0.135 e. The molecule has 2 nitrogen and oxygen atoms in total. The Labute approximate surface area is 84.3 Å². The molecule has 0 unspecified atom stereocenters. The summed E-state index contributed by atoms with van der Waals surface area (Å²) in [5, 5.41) is 3.42. The van der Waals surface area contributed by atoms with Gasteiger partial charge in [0.15, 0.2) is 0 Å². The Morgan fingerprint density at radius 2 is 2.14 bits per heavy atom. The molecule has 2 rings (SSSR count). The second kappa shape index (κ2) is 3.82. The van der Waals surface area contributed by atoms with Gasteiger partial charge in [0.25, 0.3) is 0 Å². The van der Waals surface area contributed by atoms with Crippen LogP contribution in [-0.2, 0) is 4.79 Å². The number of hydrogen-bond donors (Lipinski definition) is 1. The molecule has 1 N–H and O–H groups in total. The number of aryl methyl sites for hydroxylation is 1. The lowest BCUT2D eigenvalue weighted by Crippen LogP contribution is -2.16. The van der Waals surface area contributed by atoms with Gasteiger partial charge in [-0.25, -0.2) is 0 Å². The van der Waals surface area contributed by atoms with E-state index in [2.05, 4.69) is 24.4 Å². The number of Topliss-reactive ketones (excluding diaryl/α,β-unsaturated/α-hetero) is 1. The zero-order chi connectivity index (χ0) is 9.97. The number of carbonyl (C=O) groups excluding carboxylic acids is 1. The molecule has 0 amide bonds. The number of anilines is 1. The molecule has 0 radical (unpaired) electrons. The third-order valence-corrected chi connectivity index (χ3v) is 2.75. The molecule has 1 aliphatic rings. The molecule has 1 fully saturated rings. The van der Waals surface area contributed by atoms with Gasteiger partial charge in [-0.05, 0) is 25.0 Å². The summed E-state index contributed by atoms with van der Waals surface area (Å²) in [4.78, 5) is 11.1. The monoisotopic (exact) mass is 189 g/mol. The molecule has 1 aromatic rings. The topological polar surface area (TPSA) is 29.1 Å². The number of nitrogens with one attached hydrogen (secondary N) is 1. The van der Waals surface area contributed by atoms with E-state index in [1.807, 2.05) is 12.1 Å². The van der Waals surface area contributed by atoms with Gasteiger partial charge in [0.1, 0.15) is 5.78 Å². The lowest BCUT2D eigenvalue weighted by molar-refractivity contribution is -0.117. The highest BCUT2D eigenvalue weighted by Crippen LogP contribution is 2.21. The van der Waals surface area contributed by atoms with Crippen molar-refractivity contribution in [2.75, 3.05) is 5.32 Å². The summed E-state index contributed by atoms with van der Waals surface area (Å²) in [6.45, 7) is 2.08. The van der Waals surface area contributed by atoms with Gasteiger partial charge in [-0.3, -0.25) is 4.79 Å². The van der Waals surface area contributed by atoms with Crippen molar-refractivity contribution < 1.29 is 4.79 Å². The second-order valence-electron chi connectivity index (χ2n) is 3.94. The molecule has 0 bridgehead atoms. The van der Waals surface area contributed by atoms with E-state index in [0.29, 0.717) is 18.2 Å². The first kappa shape index (κ1) is 9.25. The minimum absolute atomic E-state index is 0.351. The predicted octanol–water partition coefficient (Wildman–Crippen LogP) is 2.53. The molecule has 0 aromatic heterocycles. The summed E-state index contributed by atoms with van der Waals surface area (Å²) in [5.41, 5.74) is 2.40. The number of benzene rings is 1. The zero-order valence-corrected chi connectivity index (χ0v) is 8.42. The standard InChI is InChI=1S/C12H15NO/c1-9-4-2-3-5-12(9)13-10-6-7-11(14)8-10/h2-5,10,13H,6-8H2,1H3/t10-/m0/s1. The van der Waals surface area contributed by atoms with Crippen LogP contribution < -0.4 is 5.32 Å². The van der Waals surface area contributed by atoms with Crippen molar-refractivity contribution in [2.45, 2.75) is 32.2 Å². The highest BCUT2D eigenvalue weighted by atomic mass is 16.1. The first-order valence-corrected chi connectivity index (χ1v) is 5.09. The molecule has 1 aliphatic carbocycles. The van der Waals surface area contributed by atoms with Crippen LogP contribution in [0.2, 0.25) is 0 Å². The Kier molecular flexibility index (Phi) is 2.53.